The van der Waals surface area contributed by atoms with Crippen molar-refractivity contribution >= 4 is 17.7 Å². The van der Waals surface area contributed by atoms with Crippen molar-refractivity contribution in [3.8, 4) is 0 Å². The van der Waals surface area contributed by atoms with Crippen LogP contribution in [0.25, 0.3) is 0 Å². The molecule has 0 aliphatic heterocycles. The Labute approximate surface area is 96.0 Å². The van der Waals surface area contributed by atoms with Gasteiger partial charge in [-0.15, -0.1) is 0 Å². The lowest BCUT2D eigenvalue weighted by Gasteiger charge is -2.18. The van der Waals surface area contributed by atoms with E-state index in [4.69, 9.17) is 5.11 Å². The molecule has 0 amide bonds. The van der Waals surface area contributed by atoms with Crippen LogP contribution in [0.5, 0.6) is 0 Å². The summed E-state index contributed by atoms with van der Waals surface area (Å²) in [7, 11) is 0. The molecule has 1 aliphatic carbocycles. The van der Waals surface area contributed by atoms with Gasteiger partial charge >= 0.3 is 5.97 Å². The Bertz CT molecular complexity index is 203. The lowest BCUT2D eigenvalue weighted by molar-refractivity contribution is -0.139. The first kappa shape index (κ1) is 12.8. The second kappa shape index (κ2) is 6.38. The van der Waals surface area contributed by atoms with E-state index in [1.54, 1.807) is 0 Å². The molecule has 2 N–H and O–H groups in total. The topological polar surface area (TPSA) is 49.3 Å². The molecular weight excluding hydrogens is 210 g/mol. The van der Waals surface area contributed by atoms with Crippen molar-refractivity contribution in [1.29, 1.82) is 0 Å². The maximum absolute atomic E-state index is 11.0. The summed E-state index contributed by atoms with van der Waals surface area (Å²) in [6.45, 7) is 3.96. The first-order chi connectivity index (χ1) is 7.09. The monoisotopic (exact) mass is 231 g/mol. The molecule has 1 atom stereocenters. The van der Waals surface area contributed by atoms with Crippen molar-refractivity contribution in [2.24, 2.45) is 0 Å². The van der Waals surface area contributed by atoms with Gasteiger partial charge in [-0.25, -0.2) is 0 Å². The summed E-state index contributed by atoms with van der Waals surface area (Å²) in [4.78, 5) is 11.0. The van der Waals surface area contributed by atoms with E-state index in [1.807, 2.05) is 25.6 Å². The molecule has 1 unspecified atom stereocenters. The quantitative estimate of drug-likeness (QED) is 0.735. The van der Waals surface area contributed by atoms with E-state index in [-0.39, 0.29) is 6.04 Å². The molecule has 1 aliphatic rings. The Morgan fingerprint density at radius 3 is 2.53 bits per heavy atom. The van der Waals surface area contributed by atoms with Gasteiger partial charge in [0.05, 0.1) is 0 Å². The third-order valence-electron chi connectivity index (χ3n) is 2.63. The lowest BCUT2D eigenvalue weighted by Crippen LogP contribution is -2.42. The van der Waals surface area contributed by atoms with Crippen molar-refractivity contribution in [3.05, 3.63) is 0 Å². The fourth-order valence-corrected chi connectivity index (χ4v) is 3.25. The van der Waals surface area contributed by atoms with E-state index in [0.29, 0.717) is 11.0 Å². The van der Waals surface area contributed by atoms with Crippen LogP contribution < -0.4 is 5.32 Å². The highest BCUT2D eigenvalue weighted by atomic mass is 32.2. The van der Waals surface area contributed by atoms with Crippen LogP contribution in [0.15, 0.2) is 0 Å². The highest BCUT2D eigenvalue weighted by Gasteiger charge is 2.22. The Morgan fingerprint density at radius 1 is 1.47 bits per heavy atom. The summed E-state index contributed by atoms with van der Waals surface area (Å²) >= 11 is 1.82. The highest BCUT2D eigenvalue weighted by molar-refractivity contribution is 8.00. The lowest BCUT2D eigenvalue weighted by atomic mass is 10.3. The van der Waals surface area contributed by atoms with Gasteiger partial charge in [-0.05, 0) is 12.8 Å². The predicted octanol–water partition coefficient (Wildman–Crippen LogP) is 2.11. The van der Waals surface area contributed by atoms with Crippen LogP contribution in [-0.2, 0) is 4.79 Å². The van der Waals surface area contributed by atoms with Gasteiger partial charge < -0.3 is 10.4 Å². The van der Waals surface area contributed by atoms with E-state index in [1.165, 1.54) is 25.7 Å². The molecule has 1 saturated carbocycles. The molecule has 3 nitrogen and oxygen atoms in total. The second-order valence-corrected chi connectivity index (χ2v) is 5.79. The summed E-state index contributed by atoms with van der Waals surface area (Å²) in [5, 5.41) is 12.8. The Morgan fingerprint density at radius 2 is 2.07 bits per heavy atom. The van der Waals surface area contributed by atoms with Gasteiger partial charge in [0.25, 0.3) is 0 Å². The Balaban J connectivity index is 2.27. The standard InChI is InChI=1S/C11H21NO2S/c1-8(2)12-10(11(13)14)7-15-9-5-3-4-6-9/h8-10,12H,3-7H2,1-2H3,(H,13,14). The first-order valence-corrected chi connectivity index (χ1v) is 6.75. The zero-order valence-corrected chi connectivity index (χ0v) is 10.3. The van der Waals surface area contributed by atoms with E-state index in [9.17, 15) is 4.79 Å². The van der Waals surface area contributed by atoms with Crippen molar-refractivity contribution in [2.75, 3.05) is 5.75 Å². The van der Waals surface area contributed by atoms with E-state index < -0.39 is 12.0 Å². The average Bonchev–Trinajstić information content (AvgIpc) is 2.63. The van der Waals surface area contributed by atoms with Crippen LogP contribution in [0.4, 0.5) is 0 Å². The normalized spacial score (nSPS) is 19.7. The molecule has 88 valence electrons. The van der Waals surface area contributed by atoms with Gasteiger partial charge in [0.1, 0.15) is 6.04 Å². The molecule has 1 fully saturated rings. The fraction of sp³-hybridized carbons (Fsp3) is 0.909. The fourth-order valence-electron chi connectivity index (χ4n) is 1.88. The molecule has 0 heterocycles. The molecule has 0 aromatic heterocycles. The van der Waals surface area contributed by atoms with Crippen LogP contribution in [0.2, 0.25) is 0 Å². The summed E-state index contributed by atoms with van der Waals surface area (Å²) in [6, 6.07) is -0.161. The van der Waals surface area contributed by atoms with Crippen LogP contribution in [0, 0.1) is 0 Å². The maximum atomic E-state index is 11.0. The maximum Gasteiger partial charge on any atom is 0.321 e. The van der Waals surface area contributed by atoms with Gasteiger partial charge in [-0.1, -0.05) is 26.7 Å². The predicted molar refractivity (Wildman–Crippen MR) is 64.4 cm³/mol. The third kappa shape index (κ3) is 4.89. The summed E-state index contributed by atoms with van der Waals surface area (Å²) in [5.41, 5.74) is 0. The number of rotatable bonds is 6. The van der Waals surface area contributed by atoms with Gasteiger partial charge in [0, 0.05) is 17.0 Å². The number of carboxylic acid groups (broad SMARTS) is 1. The number of carboxylic acids is 1. The van der Waals surface area contributed by atoms with Gasteiger partial charge in [-0.3, -0.25) is 4.79 Å². The molecule has 0 bridgehead atoms. The number of hydrogen-bond acceptors (Lipinski definition) is 3. The van der Waals surface area contributed by atoms with Crippen LogP contribution in [0.3, 0.4) is 0 Å². The van der Waals surface area contributed by atoms with Gasteiger partial charge in [0.15, 0.2) is 0 Å². The Hall–Kier alpha value is -0.220. The highest BCUT2D eigenvalue weighted by Crippen LogP contribution is 2.29. The van der Waals surface area contributed by atoms with E-state index >= 15 is 0 Å². The number of thioether (sulfide) groups is 1. The van der Waals surface area contributed by atoms with Crippen molar-refractivity contribution in [1.82, 2.24) is 5.32 Å². The van der Waals surface area contributed by atoms with Crippen molar-refractivity contribution < 1.29 is 9.90 Å². The average molecular weight is 231 g/mol. The third-order valence-corrected chi connectivity index (χ3v) is 4.10. The minimum absolute atomic E-state index is 0.232. The number of carbonyl (C=O) groups is 1. The molecule has 0 aromatic rings. The van der Waals surface area contributed by atoms with Crippen molar-refractivity contribution in [2.45, 2.75) is 56.9 Å². The molecule has 0 saturated heterocycles. The minimum Gasteiger partial charge on any atom is -0.480 e. The molecule has 0 radical (unpaired) electrons. The molecule has 4 heteroatoms. The Kier molecular flexibility index (Phi) is 5.47. The zero-order chi connectivity index (χ0) is 11.3. The van der Waals surface area contributed by atoms with Crippen LogP contribution in [-0.4, -0.2) is 34.2 Å². The molecule has 15 heavy (non-hydrogen) atoms. The second-order valence-electron chi connectivity index (χ2n) is 4.45. The number of aliphatic carboxylic acids is 1. The van der Waals surface area contributed by atoms with Crippen molar-refractivity contribution in [3.63, 3.8) is 0 Å². The number of nitrogens with one attached hydrogen (secondary N) is 1. The van der Waals surface area contributed by atoms with Gasteiger partial charge in [-0.2, -0.15) is 11.8 Å². The molecule has 1 rings (SSSR count). The summed E-state index contributed by atoms with van der Waals surface area (Å²) < 4.78 is 0. The van der Waals surface area contributed by atoms with E-state index in [0.717, 1.165) is 0 Å². The SMILES string of the molecule is CC(C)NC(CSC1CCCC1)C(=O)O. The summed E-state index contributed by atoms with van der Waals surface area (Å²) in [6.07, 6.45) is 5.15. The first-order valence-electron chi connectivity index (χ1n) is 5.70. The molecular formula is C11H21NO2S. The van der Waals surface area contributed by atoms with Crippen LogP contribution in [0.1, 0.15) is 39.5 Å². The smallest absolute Gasteiger partial charge is 0.321 e. The van der Waals surface area contributed by atoms with Crippen LogP contribution >= 0.6 is 11.8 Å². The summed E-state index contributed by atoms with van der Waals surface area (Å²) in [5.74, 6) is -0.0350. The molecule has 0 spiro atoms. The number of hydrogen-bond donors (Lipinski definition) is 2. The zero-order valence-electron chi connectivity index (χ0n) is 9.53. The van der Waals surface area contributed by atoms with E-state index in [2.05, 4.69) is 5.32 Å². The largest absolute Gasteiger partial charge is 0.480 e. The molecule has 0 aromatic carbocycles. The minimum atomic E-state index is -0.728. The van der Waals surface area contributed by atoms with Gasteiger partial charge in [0.2, 0.25) is 0 Å².